The molecule has 40 heavy (non-hydrogen) atoms. The van der Waals surface area contributed by atoms with Gasteiger partial charge in [-0.3, -0.25) is 9.69 Å². The third kappa shape index (κ3) is 7.07. The molecule has 3 aromatic rings. The minimum absolute atomic E-state index is 0.255. The first-order valence-electron chi connectivity index (χ1n) is 12.6. The number of thioether (sulfide) groups is 1. The van der Waals surface area contributed by atoms with Crippen LogP contribution < -0.4 is 9.47 Å². The number of hydrogen-bond donors (Lipinski definition) is 0. The monoisotopic (exact) mass is 659 g/mol. The molecule has 0 radical (unpaired) electrons. The zero-order valence-corrected chi connectivity index (χ0v) is 25.9. The predicted molar refractivity (Wildman–Crippen MR) is 167 cm³/mol. The molecule has 10 heteroatoms. The fourth-order valence-electron chi connectivity index (χ4n) is 4.00. The number of ether oxygens (including phenoxy) is 3. The van der Waals surface area contributed by atoms with Gasteiger partial charge in [-0.25, -0.2) is 4.79 Å². The lowest BCUT2D eigenvalue weighted by Gasteiger charge is -2.25. The molecular formula is C30H27BrClNO5S2. The van der Waals surface area contributed by atoms with Crippen molar-refractivity contribution in [3.8, 4) is 11.5 Å². The summed E-state index contributed by atoms with van der Waals surface area (Å²) in [5, 5.41) is 0.614. The molecule has 1 atom stereocenters. The van der Waals surface area contributed by atoms with Gasteiger partial charge in [-0.2, -0.15) is 0 Å². The second-order valence-corrected chi connectivity index (χ2v) is 11.6. The Kier molecular flexibility index (Phi) is 10.7. The van der Waals surface area contributed by atoms with Crippen LogP contribution in [0.2, 0.25) is 5.02 Å². The lowest BCUT2D eigenvalue weighted by Crippen LogP contribution is -2.38. The van der Waals surface area contributed by atoms with E-state index in [1.807, 2.05) is 62.4 Å². The maximum atomic E-state index is 13.6. The molecule has 0 aromatic heterocycles. The summed E-state index contributed by atoms with van der Waals surface area (Å²) < 4.78 is 18.3. The lowest BCUT2D eigenvalue weighted by molar-refractivity contribution is -0.151. The highest BCUT2D eigenvalue weighted by atomic mass is 79.9. The summed E-state index contributed by atoms with van der Waals surface area (Å²) >= 11 is 16.6. The van der Waals surface area contributed by atoms with Gasteiger partial charge in [0.05, 0.1) is 22.6 Å². The number of benzene rings is 3. The molecule has 1 aliphatic rings. The van der Waals surface area contributed by atoms with Crippen LogP contribution in [0.3, 0.4) is 0 Å². The normalized spacial score (nSPS) is 14.9. The maximum Gasteiger partial charge on any atom is 0.333 e. The van der Waals surface area contributed by atoms with Gasteiger partial charge in [-0.05, 0) is 64.7 Å². The Labute approximate surface area is 256 Å². The van der Waals surface area contributed by atoms with Crippen molar-refractivity contribution in [3.05, 3.63) is 97.8 Å². The van der Waals surface area contributed by atoms with Crippen molar-refractivity contribution in [1.29, 1.82) is 0 Å². The molecule has 1 amide bonds. The molecule has 208 valence electrons. The van der Waals surface area contributed by atoms with E-state index in [1.54, 1.807) is 24.3 Å². The number of carbonyl (C=O) groups is 2. The number of hydrogen-bond acceptors (Lipinski definition) is 7. The van der Waals surface area contributed by atoms with Crippen LogP contribution in [0.5, 0.6) is 11.5 Å². The highest BCUT2D eigenvalue weighted by Crippen LogP contribution is 2.42. The van der Waals surface area contributed by atoms with Gasteiger partial charge in [0.15, 0.2) is 17.5 Å². The molecule has 6 nitrogen and oxygen atoms in total. The standard InChI is InChI=1S/C30H27BrClNO5S2/c1-3-14-37-29(35)26(20-10-6-5-7-11-20)33-28(34)25(40-30(33)39)17-19-15-22(31)27(24(16-19)36-4-2)38-18-21-12-8-9-13-23(21)32/h5-13,15-17,26H,3-4,14,18H2,1-2H3/b25-17-. The van der Waals surface area contributed by atoms with E-state index < -0.39 is 12.0 Å². The van der Waals surface area contributed by atoms with E-state index in [9.17, 15) is 9.59 Å². The minimum Gasteiger partial charge on any atom is -0.490 e. The van der Waals surface area contributed by atoms with Gasteiger partial charge in [-0.15, -0.1) is 0 Å². The summed E-state index contributed by atoms with van der Waals surface area (Å²) in [7, 11) is 0. The molecule has 0 saturated carbocycles. The van der Waals surface area contributed by atoms with Crippen LogP contribution in [0.15, 0.2) is 76.1 Å². The fourth-order valence-corrected chi connectivity index (χ4v) is 6.08. The molecule has 4 rings (SSSR count). The maximum absolute atomic E-state index is 13.6. The van der Waals surface area contributed by atoms with Gasteiger partial charge < -0.3 is 14.2 Å². The van der Waals surface area contributed by atoms with Crippen LogP contribution in [0.1, 0.15) is 43.0 Å². The summed E-state index contributed by atoms with van der Waals surface area (Å²) in [6.07, 6.45) is 2.39. The molecule has 0 bridgehead atoms. The van der Waals surface area contributed by atoms with Crippen LogP contribution in [0, 0.1) is 0 Å². The molecular weight excluding hydrogens is 634 g/mol. The zero-order chi connectivity index (χ0) is 28.6. The molecule has 0 aliphatic carbocycles. The third-order valence-corrected chi connectivity index (χ3v) is 8.12. The third-order valence-electron chi connectivity index (χ3n) is 5.83. The average molecular weight is 661 g/mol. The van der Waals surface area contributed by atoms with Crippen molar-refractivity contribution >= 4 is 73.8 Å². The largest absolute Gasteiger partial charge is 0.490 e. The van der Waals surface area contributed by atoms with Crippen molar-refractivity contribution < 1.29 is 23.8 Å². The summed E-state index contributed by atoms with van der Waals surface area (Å²) in [6.45, 7) is 4.72. The minimum atomic E-state index is -0.975. The van der Waals surface area contributed by atoms with Crippen molar-refractivity contribution in [3.63, 3.8) is 0 Å². The van der Waals surface area contributed by atoms with Crippen LogP contribution in [-0.4, -0.2) is 34.3 Å². The van der Waals surface area contributed by atoms with E-state index in [2.05, 4.69) is 15.9 Å². The number of carbonyl (C=O) groups excluding carboxylic acids is 2. The number of nitrogens with zero attached hydrogens (tertiary/aromatic N) is 1. The second-order valence-electron chi connectivity index (χ2n) is 8.68. The molecule has 0 spiro atoms. The van der Waals surface area contributed by atoms with Gasteiger partial charge in [0, 0.05) is 10.6 Å². The average Bonchev–Trinajstić information content (AvgIpc) is 3.21. The lowest BCUT2D eigenvalue weighted by atomic mass is 10.1. The first kappa shape index (κ1) is 30.1. The smallest absolute Gasteiger partial charge is 0.333 e. The van der Waals surface area contributed by atoms with Gasteiger partial charge in [0.25, 0.3) is 5.91 Å². The van der Waals surface area contributed by atoms with E-state index in [-0.39, 0.29) is 23.4 Å². The first-order chi connectivity index (χ1) is 19.3. The SMILES string of the molecule is CCCOC(=O)C(c1ccccc1)N1C(=O)/C(=C/c2cc(Br)c(OCc3ccccc3Cl)c(OCC)c2)SC1=S. The van der Waals surface area contributed by atoms with Crippen LogP contribution >= 0.6 is 51.5 Å². The molecule has 1 aliphatic heterocycles. The highest BCUT2D eigenvalue weighted by molar-refractivity contribution is 9.10. The summed E-state index contributed by atoms with van der Waals surface area (Å²) in [6, 6.07) is 19.2. The van der Waals surface area contributed by atoms with Crippen molar-refractivity contribution in [2.75, 3.05) is 13.2 Å². The molecule has 1 heterocycles. The Bertz CT molecular complexity index is 1430. The van der Waals surface area contributed by atoms with Crippen LogP contribution in [-0.2, 0) is 20.9 Å². The topological polar surface area (TPSA) is 65.1 Å². The number of esters is 1. The van der Waals surface area contributed by atoms with Crippen molar-refractivity contribution in [2.45, 2.75) is 32.9 Å². The Morgan fingerprint density at radius 1 is 1.10 bits per heavy atom. The molecule has 1 fully saturated rings. The van der Waals surface area contributed by atoms with Gasteiger partial charge in [-0.1, -0.05) is 91.0 Å². The summed E-state index contributed by atoms with van der Waals surface area (Å²) in [5.41, 5.74) is 2.17. The summed E-state index contributed by atoms with van der Waals surface area (Å²) in [5.74, 6) is 0.141. The van der Waals surface area contributed by atoms with Gasteiger partial charge in [0.1, 0.15) is 10.9 Å². The Balaban J connectivity index is 1.63. The van der Waals surface area contributed by atoms with Crippen molar-refractivity contribution in [2.24, 2.45) is 0 Å². The van der Waals surface area contributed by atoms with Gasteiger partial charge in [0.2, 0.25) is 0 Å². The Morgan fingerprint density at radius 3 is 2.52 bits per heavy atom. The predicted octanol–water partition coefficient (Wildman–Crippen LogP) is 7.98. The first-order valence-corrected chi connectivity index (χ1v) is 15.0. The van der Waals surface area contributed by atoms with E-state index in [4.69, 9.17) is 38.0 Å². The van der Waals surface area contributed by atoms with E-state index in [1.165, 1.54) is 4.90 Å². The molecule has 3 aromatic carbocycles. The molecule has 1 saturated heterocycles. The quantitative estimate of drug-likeness (QED) is 0.117. The number of thiocarbonyl (C=S) groups is 1. The number of rotatable bonds is 11. The van der Waals surface area contributed by atoms with E-state index >= 15 is 0 Å². The highest BCUT2D eigenvalue weighted by Gasteiger charge is 2.42. The molecule has 0 N–H and O–H groups in total. The van der Waals surface area contributed by atoms with Gasteiger partial charge >= 0.3 is 5.97 Å². The second kappa shape index (κ2) is 14.2. The Morgan fingerprint density at radius 2 is 1.82 bits per heavy atom. The number of amides is 1. The van der Waals surface area contributed by atoms with E-state index in [0.717, 1.165) is 17.3 Å². The number of halogens is 2. The van der Waals surface area contributed by atoms with Crippen molar-refractivity contribution in [1.82, 2.24) is 4.90 Å². The van der Waals surface area contributed by atoms with E-state index in [0.29, 0.717) is 50.1 Å². The fraction of sp³-hybridized carbons (Fsp3) is 0.233. The van der Waals surface area contributed by atoms with Crippen LogP contribution in [0.25, 0.3) is 6.08 Å². The molecule has 1 unspecified atom stereocenters. The zero-order valence-electron chi connectivity index (χ0n) is 21.9. The summed E-state index contributed by atoms with van der Waals surface area (Å²) in [4.78, 5) is 28.4. The Hall–Kier alpha value is -2.85. The van der Waals surface area contributed by atoms with Crippen LogP contribution in [0.4, 0.5) is 0 Å².